The maximum atomic E-state index is 13.9. The van der Waals surface area contributed by atoms with E-state index in [2.05, 4.69) is 25.3 Å². The first-order chi connectivity index (χ1) is 14.2. The molecule has 0 bridgehead atoms. The van der Waals surface area contributed by atoms with Gasteiger partial charge in [-0.1, -0.05) is 0 Å². The number of anilines is 1. The molecule has 2 N–H and O–H groups in total. The number of halogens is 1. The van der Waals surface area contributed by atoms with Crippen molar-refractivity contribution >= 4 is 22.6 Å². The summed E-state index contributed by atoms with van der Waals surface area (Å²) < 4.78 is 21.1. The van der Waals surface area contributed by atoms with Crippen LogP contribution in [-0.2, 0) is 4.74 Å². The zero-order valence-corrected chi connectivity index (χ0v) is 15.9. The van der Waals surface area contributed by atoms with E-state index in [0.29, 0.717) is 17.6 Å². The average Bonchev–Trinajstić information content (AvgIpc) is 3.30. The molecule has 2 fully saturated rings. The number of imidazole rings is 1. The minimum Gasteiger partial charge on any atom is -0.375 e. The van der Waals surface area contributed by atoms with Gasteiger partial charge in [-0.15, -0.1) is 0 Å². The number of fused-ring (bicyclic) bond motifs is 2. The summed E-state index contributed by atoms with van der Waals surface area (Å²) in [6, 6.07) is 4.11. The van der Waals surface area contributed by atoms with Gasteiger partial charge in [-0.05, 0) is 44.2 Å². The number of aromatic nitrogens is 5. The number of hydrogen-bond acceptors (Lipinski definition) is 5. The minimum atomic E-state index is -0.383. The Morgan fingerprint density at radius 2 is 2.03 bits per heavy atom. The van der Waals surface area contributed by atoms with Gasteiger partial charge in [0.05, 0.1) is 18.4 Å². The molecule has 148 valence electrons. The zero-order chi connectivity index (χ0) is 19.4. The second kappa shape index (κ2) is 6.25. The van der Waals surface area contributed by atoms with Gasteiger partial charge in [0, 0.05) is 41.1 Å². The van der Waals surface area contributed by atoms with Crippen molar-refractivity contribution < 1.29 is 9.13 Å². The van der Waals surface area contributed by atoms with Gasteiger partial charge in [0.15, 0.2) is 0 Å². The molecular formula is C21H21FN6O. The first-order valence-corrected chi connectivity index (χ1v) is 10.1. The summed E-state index contributed by atoms with van der Waals surface area (Å²) in [5.74, 6) is 0.253. The molecule has 6 rings (SSSR count). The van der Waals surface area contributed by atoms with Crippen molar-refractivity contribution in [3.63, 3.8) is 0 Å². The maximum absolute atomic E-state index is 13.9. The molecule has 0 aromatic carbocycles. The highest BCUT2D eigenvalue weighted by molar-refractivity contribution is 5.93. The summed E-state index contributed by atoms with van der Waals surface area (Å²) in [6.45, 7) is 0.910. The largest absolute Gasteiger partial charge is 0.375 e. The highest BCUT2D eigenvalue weighted by Crippen LogP contribution is 2.41. The molecule has 0 radical (unpaired) electrons. The van der Waals surface area contributed by atoms with Gasteiger partial charge in [-0.3, -0.25) is 4.40 Å². The lowest BCUT2D eigenvalue weighted by Crippen LogP contribution is -2.48. The first kappa shape index (κ1) is 16.9. The number of nitrogens with one attached hydrogen (secondary N) is 2. The third kappa shape index (κ3) is 2.78. The summed E-state index contributed by atoms with van der Waals surface area (Å²) in [7, 11) is 0. The fraction of sp³-hybridized carbons (Fsp3) is 0.381. The predicted octanol–water partition coefficient (Wildman–Crippen LogP) is 3.93. The molecule has 5 heterocycles. The molecule has 1 spiro atoms. The van der Waals surface area contributed by atoms with Gasteiger partial charge in [-0.25, -0.2) is 9.97 Å². The van der Waals surface area contributed by atoms with E-state index < -0.39 is 0 Å². The van der Waals surface area contributed by atoms with Crippen molar-refractivity contribution in [2.45, 2.75) is 43.7 Å². The zero-order valence-electron chi connectivity index (χ0n) is 15.9. The molecule has 1 saturated carbocycles. The van der Waals surface area contributed by atoms with Crippen molar-refractivity contribution in [2.24, 2.45) is 0 Å². The van der Waals surface area contributed by atoms with Gasteiger partial charge in [0.2, 0.25) is 11.9 Å². The van der Waals surface area contributed by atoms with E-state index in [1.54, 1.807) is 12.3 Å². The maximum Gasteiger partial charge on any atom is 0.224 e. The van der Waals surface area contributed by atoms with E-state index in [9.17, 15) is 4.39 Å². The van der Waals surface area contributed by atoms with Crippen LogP contribution in [0.25, 0.3) is 27.8 Å². The van der Waals surface area contributed by atoms with E-state index in [1.807, 2.05) is 18.5 Å². The van der Waals surface area contributed by atoms with Gasteiger partial charge < -0.3 is 15.0 Å². The molecule has 7 nitrogen and oxygen atoms in total. The minimum absolute atomic E-state index is 0.160. The predicted molar refractivity (Wildman–Crippen MR) is 107 cm³/mol. The Hall–Kier alpha value is -3.00. The molecule has 1 aliphatic carbocycles. The lowest BCUT2D eigenvalue weighted by atomic mass is 9.77. The van der Waals surface area contributed by atoms with Crippen molar-refractivity contribution in [1.82, 2.24) is 24.3 Å². The smallest absolute Gasteiger partial charge is 0.224 e. The van der Waals surface area contributed by atoms with E-state index in [1.165, 1.54) is 17.0 Å². The number of nitrogens with zero attached hydrogens (tertiary/aromatic N) is 4. The Morgan fingerprint density at radius 3 is 2.83 bits per heavy atom. The number of aromatic amines is 1. The molecule has 0 amide bonds. The number of ether oxygens (including phenoxy) is 1. The summed E-state index contributed by atoms with van der Waals surface area (Å²) >= 11 is 0. The van der Waals surface area contributed by atoms with E-state index in [0.717, 1.165) is 54.5 Å². The first-order valence-electron chi connectivity index (χ1n) is 10.1. The normalized spacial score (nSPS) is 24.2. The summed E-state index contributed by atoms with van der Waals surface area (Å²) in [5, 5.41) is 4.38. The summed E-state index contributed by atoms with van der Waals surface area (Å²) in [4.78, 5) is 16.4. The van der Waals surface area contributed by atoms with E-state index >= 15 is 0 Å². The SMILES string of the molecule is Fc1cnc2ccc(-c3c[nH]c4nc(N[C@H]5CC[C@@]6(CCO6)CC5)ncc34)cn12. The van der Waals surface area contributed by atoms with E-state index in [-0.39, 0.29) is 11.5 Å². The highest BCUT2D eigenvalue weighted by Gasteiger charge is 2.41. The second-order valence-corrected chi connectivity index (χ2v) is 8.09. The van der Waals surface area contributed by atoms with Gasteiger partial charge >= 0.3 is 0 Å². The monoisotopic (exact) mass is 392 g/mol. The Morgan fingerprint density at radius 1 is 1.17 bits per heavy atom. The Bertz CT molecular complexity index is 1200. The Balaban J connectivity index is 1.25. The van der Waals surface area contributed by atoms with Gasteiger partial charge in [-0.2, -0.15) is 9.37 Å². The standard InChI is InChI=1S/C21H21FN6O/c22-17-11-23-18-2-1-13(12-28(17)18)15-9-24-19-16(15)10-25-20(27-19)26-14-3-5-21(6-4-14)7-8-29-21/h1-2,9-12,14H,3-8H2,(H2,24,25,26,27)/t14-,21-. The van der Waals surface area contributed by atoms with Crippen LogP contribution >= 0.6 is 0 Å². The molecule has 8 heteroatoms. The van der Waals surface area contributed by atoms with Crippen molar-refractivity contribution in [3.05, 3.63) is 42.9 Å². The lowest BCUT2D eigenvalue weighted by Gasteiger charge is -2.46. The molecule has 4 aromatic rings. The van der Waals surface area contributed by atoms with Crippen LogP contribution in [0.5, 0.6) is 0 Å². The van der Waals surface area contributed by atoms with Gasteiger partial charge in [0.1, 0.15) is 11.3 Å². The Kier molecular flexibility index (Phi) is 3.64. The van der Waals surface area contributed by atoms with Crippen molar-refractivity contribution in [2.75, 3.05) is 11.9 Å². The van der Waals surface area contributed by atoms with Crippen LogP contribution in [0, 0.1) is 5.95 Å². The van der Waals surface area contributed by atoms with Crippen LogP contribution < -0.4 is 5.32 Å². The van der Waals surface area contributed by atoms with Gasteiger partial charge in [0.25, 0.3) is 0 Å². The fourth-order valence-electron chi connectivity index (χ4n) is 4.58. The third-order valence-electron chi connectivity index (χ3n) is 6.40. The number of H-pyrrole nitrogens is 1. The van der Waals surface area contributed by atoms with Crippen LogP contribution in [0.15, 0.2) is 36.9 Å². The fourth-order valence-corrected chi connectivity index (χ4v) is 4.58. The van der Waals surface area contributed by atoms with Crippen LogP contribution in [0.3, 0.4) is 0 Å². The third-order valence-corrected chi connectivity index (χ3v) is 6.40. The van der Waals surface area contributed by atoms with Crippen LogP contribution in [-0.4, -0.2) is 42.6 Å². The topological polar surface area (TPSA) is 80.1 Å². The molecule has 4 aromatic heterocycles. The summed E-state index contributed by atoms with van der Waals surface area (Å²) in [6.07, 6.45) is 12.2. The second-order valence-electron chi connectivity index (χ2n) is 8.09. The molecular weight excluding hydrogens is 371 g/mol. The number of rotatable bonds is 3. The molecule has 1 saturated heterocycles. The quantitative estimate of drug-likeness (QED) is 0.552. The molecule has 29 heavy (non-hydrogen) atoms. The Labute approximate surface area is 166 Å². The van der Waals surface area contributed by atoms with Crippen LogP contribution in [0.1, 0.15) is 32.1 Å². The summed E-state index contributed by atoms with van der Waals surface area (Å²) in [5.41, 5.74) is 3.31. The van der Waals surface area contributed by atoms with E-state index in [4.69, 9.17) is 4.74 Å². The van der Waals surface area contributed by atoms with Crippen molar-refractivity contribution in [1.29, 1.82) is 0 Å². The van der Waals surface area contributed by atoms with Crippen LogP contribution in [0.2, 0.25) is 0 Å². The molecule has 1 aliphatic heterocycles. The van der Waals surface area contributed by atoms with Crippen LogP contribution in [0.4, 0.5) is 10.3 Å². The lowest BCUT2D eigenvalue weighted by molar-refractivity contribution is -0.165. The highest BCUT2D eigenvalue weighted by atomic mass is 19.1. The molecule has 0 atom stereocenters. The average molecular weight is 392 g/mol. The number of hydrogen-bond donors (Lipinski definition) is 2. The number of pyridine rings is 1. The van der Waals surface area contributed by atoms with Crippen molar-refractivity contribution in [3.8, 4) is 11.1 Å². The molecule has 0 unspecified atom stereocenters. The molecule has 2 aliphatic rings.